The maximum atomic E-state index is 12.8. The average Bonchev–Trinajstić information content (AvgIpc) is 3.30. The molecule has 200 valence electrons. The number of imidazole rings is 1. The Hall–Kier alpha value is -4.20. The van der Waals surface area contributed by atoms with Crippen molar-refractivity contribution in [3.05, 3.63) is 77.6 Å². The molecule has 1 amide bonds. The van der Waals surface area contributed by atoms with Gasteiger partial charge in [-0.25, -0.2) is 4.98 Å². The number of amides is 1. The summed E-state index contributed by atoms with van der Waals surface area (Å²) in [7, 11) is 4.59. The smallest absolute Gasteiger partial charge is 0.251 e. The first-order valence-electron chi connectivity index (χ1n) is 12.8. The fourth-order valence-electron chi connectivity index (χ4n) is 4.45. The van der Waals surface area contributed by atoms with Crippen molar-refractivity contribution in [2.45, 2.75) is 32.7 Å². The predicted octanol–water partition coefficient (Wildman–Crippen LogP) is 5.20. The third kappa shape index (κ3) is 6.19. The number of para-hydroxylation sites is 3. The highest BCUT2D eigenvalue weighted by atomic mass is 16.5. The first-order chi connectivity index (χ1) is 18.5. The van der Waals surface area contributed by atoms with Gasteiger partial charge in [0.25, 0.3) is 5.91 Å². The van der Waals surface area contributed by atoms with Gasteiger partial charge in [0.1, 0.15) is 11.6 Å². The number of fused-ring (bicyclic) bond motifs is 1. The van der Waals surface area contributed by atoms with Crippen molar-refractivity contribution in [1.82, 2.24) is 14.9 Å². The van der Waals surface area contributed by atoms with E-state index in [4.69, 9.17) is 23.9 Å². The SMILES string of the molecule is COc1cc(C(=O)NCCCc2nc3ccccc3n2CCCOc2ccccc2C)cc(OC)c1OC. The van der Waals surface area contributed by atoms with E-state index in [2.05, 4.69) is 28.9 Å². The molecule has 0 aliphatic rings. The molecule has 1 N–H and O–H groups in total. The third-order valence-electron chi connectivity index (χ3n) is 6.40. The lowest BCUT2D eigenvalue weighted by Crippen LogP contribution is -2.25. The number of hydrogen-bond acceptors (Lipinski definition) is 6. The van der Waals surface area contributed by atoms with Gasteiger partial charge in [-0.1, -0.05) is 30.3 Å². The highest BCUT2D eigenvalue weighted by molar-refractivity contribution is 5.95. The topological polar surface area (TPSA) is 83.8 Å². The van der Waals surface area contributed by atoms with Crippen LogP contribution in [0.3, 0.4) is 0 Å². The Balaban J connectivity index is 1.36. The van der Waals surface area contributed by atoms with Crippen LogP contribution in [-0.4, -0.2) is 49.9 Å². The van der Waals surface area contributed by atoms with Crippen LogP contribution in [0.5, 0.6) is 23.0 Å². The van der Waals surface area contributed by atoms with Gasteiger partial charge in [-0.05, 0) is 55.7 Å². The first kappa shape index (κ1) is 26.9. The molecule has 8 nitrogen and oxygen atoms in total. The second kappa shape index (κ2) is 12.9. The Labute approximate surface area is 223 Å². The molecule has 3 aromatic carbocycles. The molecule has 0 bridgehead atoms. The Morgan fingerprint density at radius 2 is 1.61 bits per heavy atom. The molecule has 0 saturated heterocycles. The predicted molar refractivity (Wildman–Crippen MR) is 148 cm³/mol. The molecule has 1 aromatic heterocycles. The van der Waals surface area contributed by atoms with E-state index in [0.29, 0.717) is 36.0 Å². The summed E-state index contributed by atoms with van der Waals surface area (Å²) < 4.78 is 24.3. The van der Waals surface area contributed by atoms with E-state index in [0.717, 1.165) is 54.0 Å². The van der Waals surface area contributed by atoms with Crippen molar-refractivity contribution < 1.29 is 23.7 Å². The van der Waals surface area contributed by atoms with Crippen molar-refractivity contribution in [1.29, 1.82) is 0 Å². The number of aryl methyl sites for hydroxylation is 3. The lowest BCUT2D eigenvalue weighted by atomic mass is 10.1. The minimum atomic E-state index is -0.203. The molecule has 0 aliphatic carbocycles. The van der Waals surface area contributed by atoms with Gasteiger partial charge < -0.3 is 28.8 Å². The number of carbonyl (C=O) groups excluding carboxylic acids is 1. The largest absolute Gasteiger partial charge is 0.493 e. The van der Waals surface area contributed by atoms with Crippen molar-refractivity contribution in [3.8, 4) is 23.0 Å². The maximum absolute atomic E-state index is 12.8. The Kier molecular flexibility index (Phi) is 9.08. The fraction of sp³-hybridized carbons (Fsp3) is 0.333. The van der Waals surface area contributed by atoms with E-state index >= 15 is 0 Å². The summed E-state index contributed by atoms with van der Waals surface area (Å²) in [6.45, 7) is 3.99. The van der Waals surface area contributed by atoms with Crippen molar-refractivity contribution in [3.63, 3.8) is 0 Å². The first-order valence-corrected chi connectivity index (χ1v) is 12.8. The number of ether oxygens (including phenoxy) is 4. The van der Waals surface area contributed by atoms with Crippen LogP contribution >= 0.6 is 0 Å². The van der Waals surface area contributed by atoms with Crippen LogP contribution in [0.1, 0.15) is 34.6 Å². The molecule has 0 saturated carbocycles. The standard InChI is InChI=1S/C30H35N3O5/c1-21-11-5-8-14-25(21)38-18-10-17-33-24-13-7-6-12-23(24)32-28(33)15-9-16-31-30(34)22-19-26(35-2)29(37-4)27(20-22)36-3/h5-8,11-14,19-20H,9-10,15-18H2,1-4H3,(H,31,34). The van der Waals surface area contributed by atoms with Crippen molar-refractivity contribution >= 4 is 16.9 Å². The van der Waals surface area contributed by atoms with Crippen LogP contribution < -0.4 is 24.3 Å². The number of benzene rings is 3. The molecule has 0 radical (unpaired) electrons. The van der Waals surface area contributed by atoms with E-state index < -0.39 is 0 Å². The van der Waals surface area contributed by atoms with Gasteiger partial charge in [0.05, 0.1) is 39.0 Å². The molecule has 0 unspecified atom stereocenters. The average molecular weight is 518 g/mol. The zero-order valence-corrected chi connectivity index (χ0v) is 22.5. The highest BCUT2D eigenvalue weighted by Gasteiger charge is 2.17. The molecule has 0 atom stereocenters. The summed E-state index contributed by atoms with van der Waals surface area (Å²) in [5, 5.41) is 2.99. The second-order valence-corrected chi connectivity index (χ2v) is 8.91. The summed E-state index contributed by atoms with van der Waals surface area (Å²) in [5.74, 6) is 3.06. The van der Waals surface area contributed by atoms with Crippen LogP contribution in [0.25, 0.3) is 11.0 Å². The van der Waals surface area contributed by atoms with Gasteiger partial charge in [0.2, 0.25) is 5.75 Å². The van der Waals surface area contributed by atoms with Crippen molar-refractivity contribution in [2.75, 3.05) is 34.5 Å². The minimum Gasteiger partial charge on any atom is -0.493 e. The van der Waals surface area contributed by atoms with E-state index in [1.807, 2.05) is 36.4 Å². The number of nitrogens with zero attached hydrogens (tertiary/aromatic N) is 2. The zero-order valence-electron chi connectivity index (χ0n) is 22.5. The molecule has 38 heavy (non-hydrogen) atoms. The van der Waals surface area contributed by atoms with Crippen LogP contribution in [0, 0.1) is 6.92 Å². The quantitative estimate of drug-likeness (QED) is 0.245. The number of hydrogen-bond donors (Lipinski definition) is 1. The molecule has 4 aromatic rings. The second-order valence-electron chi connectivity index (χ2n) is 8.91. The molecule has 1 heterocycles. The van der Waals surface area contributed by atoms with Gasteiger partial charge in [-0.2, -0.15) is 0 Å². The van der Waals surface area contributed by atoms with Crippen molar-refractivity contribution in [2.24, 2.45) is 0 Å². The molecular formula is C30H35N3O5. The van der Waals surface area contributed by atoms with Gasteiger partial charge >= 0.3 is 0 Å². The van der Waals surface area contributed by atoms with Crippen LogP contribution in [0.2, 0.25) is 0 Å². The summed E-state index contributed by atoms with van der Waals surface area (Å²) in [6, 6.07) is 19.5. The number of carbonyl (C=O) groups is 1. The van der Waals surface area contributed by atoms with Crippen LogP contribution in [0.4, 0.5) is 0 Å². The molecule has 4 rings (SSSR count). The fourth-order valence-corrected chi connectivity index (χ4v) is 4.45. The molecule has 0 spiro atoms. The molecule has 0 aliphatic heterocycles. The van der Waals surface area contributed by atoms with Gasteiger partial charge in [-0.15, -0.1) is 0 Å². The highest BCUT2D eigenvalue weighted by Crippen LogP contribution is 2.38. The minimum absolute atomic E-state index is 0.203. The molecule has 0 fully saturated rings. The van der Waals surface area contributed by atoms with E-state index in [1.54, 1.807) is 12.1 Å². The lowest BCUT2D eigenvalue weighted by Gasteiger charge is -2.14. The molecule has 8 heteroatoms. The monoisotopic (exact) mass is 517 g/mol. The van der Waals surface area contributed by atoms with Gasteiger partial charge in [0, 0.05) is 25.1 Å². The number of rotatable bonds is 13. The van der Waals surface area contributed by atoms with E-state index in [1.165, 1.54) is 21.3 Å². The third-order valence-corrected chi connectivity index (χ3v) is 6.40. The summed E-state index contributed by atoms with van der Waals surface area (Å²) in [5.41, 5.74) is 3.67. The van der Waals surface area contributed by atoms with Crippen LogP contribution in [-0.2, 0) is 13.0 Å². The van der Waals surface area contributed by atoms with Gasteiger partial charge in [0.15, 0.2) is 11.5 Å². The zero-order chi connectivity index (χ0) is 26.9. The number of methoxy groups -OCH3 is 3. The summed E-state index contributed by atoms with van der Waals surface area (Å²) >= 11 is 0. The van der Waals surface area contributed by atoms with Gasteiger partial charge in [-0.3, -0.25) is 4.79 Å². The Morgan fingerprint density at radius 1 is 0.895 bits per heavy atom. The molecular weight excluding hydrogens is 482 g/mol. The lowest BCUT2D eigenvalue weighted by molar-refractivity contribution is 0.0952. The maximum Gasteiger partial charge on any atom is 0.251 e. The van der Waals surface area contributed by atoms with Crippen LogP contribution in [0.15, 0.2) is 60.7 Å². The normalized spacial score (nSPS) is 10.8. The summed E-state index contributed by atoms with van der Waals surface area (Å²) in [6.07, 6.45) is 2.35. The number of aromatic nitrogens is 2. The Bertz CT molecular complexity index is 1360. The summed E-state index contributed by atoms with van der Waals surface area (Å²) in [4.78, 5) is 17.7. The number of nitrogens with one attached hydrogen (secondary N) is 1. The van der Waals surface area contributed by atoms with E-state index in [9.17, 15) is 4.79 Å². The Morgan fingerprint density at radius 3 is 2.32 bits per heavy atom. The van der Waals surface area contributed by atoms with E-state index in [-0.39, 0.29) is 5.91 Å².